The van der Waals surface area contributed by atoms with E-state index in [-0.39, 0.29) is 6.61 Å². The van der Waals surface area contributed by atoms with Crippen LogP contribution in [0.1, 0.15) is 0 Å². The van der Waals surface area contributed by atoms with E-state index in [0.29, 0.717) is 0 Å². The van der Waals surface area contributed by atoms with Gasteiger partial charge in [-0.2, -0.15) is 0 Å². The number of aliphatic hydroxyl groups is 7. The highest BCUT2D eigenvalue weighted by molar-refractivity contribution is 5.67. The van der Waals surface area contributed by atoms with Crippen LogP contribution in [0.3, 0.4) is 0 Å². The molecule has 0 spiro atoms. The third kappa shape index (κ3) is 5.40. The van der Waals surface area contributed by atoms with Crippen LogP contribution in [-0.4, -0.2) is 123 Å². The number of hydrogen-bond donors (Lipinski definition) is 8. The fourth-order valence-corrected chi connectivity index (χ4v) is 3.05. The third-order valence-corrected chi connectivity index (χ3v) is 4.63. The molecule has 1 amide bonds. The summed E-state index contributed by atoms with van der Waals surface area (Å²) in [7, 11) is 0. The van der Waals surface area contributed by atoms with Crippen LogP contribution in [0.15, 0.2) is 12.7 Å². The first-order valence-electron chi connectivity index (χ1n) is 8.87. The SMILES string of the molecule is C=CCOC(=O)N[C@@H]1C(O)[C@H](O[C@@H]2OC(CO)[C@H](O)C(O)[C@H]2O)C(CO)O[C@H]1O. The van der Waals surface area contributed by atoms with Crippen LogP contribution in [0.25, 0.3) is 0 Å². The van der Waals surface area contributed by atoms with Crippen LogP contribution in [-0.2, 0) is 18.9 Å². The summed E-state index contributed by atoms with van der Waals surface area (Å²) >= 11 is 0. The smallest absolute Gasteiger partial charge is 0.407 e. The van der Waals surface area contributed by atoms with Crippen LogP contribution >= 0.6 is 0 Å². The largest absolute Gasteiger partial charge is 0.445 e. The molecule has 10 atom stereocenters. The molecule has 2 heterocycles. The molecule has 0 aromatic carbocycles. The fourth-order valence-electron chi connectivity index (χ4n) is 3.05. The molecule has 0 saturated carbocycles. The third-order valence-electron chi connectivity index (χ3n) is 4.63. The van der Waals surface area contributed by atoms with E-state index < -0.39 is 80.7 Å². The summed E-state index contributed by atoms with van der Waals surface area (Å²) in [6.07, 6.45) is -13.8. The van der Waals surface area contributed by atoms with E-state index in [4.69, 9.17) is 18.9 Å². The van der Waals surface area contributed by atoms with Gasteiger partial charge >= 0.3 is 6.09 Å². The van der Waals surface area contributed by atoms with Gasteiger partial charge in [0.05, 0.1) is 13.2 Å². The summed E-state index contributed by atoms with van der Waals surface area (Å²) in [5.41, 5.74) is 0. The van der Waals surface area contributed by atoms with Crippen molar-refractivity contribution in [2.24, 2.45) is 0 Å². The summed E-state index contributed by atoms with van der Waals surface area (Å²) in [4.78, 5) is 11.7. The lowest BCUT2D eigenvalue weighted by atomic mass is 9.95. The first-order chi connectivity index (χ1) is 13.7. The summed E-state index contributed by atoms with van der Waals surface area (Å²) in [5.74, 6) is 0. The second-order valence-electron chi connectivity index (χ2n) is 6.59. The molecule has 29 heavy (non-hydrogen) atoms. The van der Waals surface area contributed by atoms with Crippen LogP contribution < -0.4 is 5.32 Å². The van der Waals surface area contributed by atoms with E-state index in [9.17, 15) is 40.5 Å². The summed E-state index contributed by atoms with van der Waals surface area (Å²) < 4.78 is 20.5. The molecule has 13 heteroatoms. The van der Waals surface area contributed by atoms with Crippen molar-refractivity contribution in [3.63, 3.8) is 0 Å². The fraction of sp³-hybridized carbons (Fsp3) is 0.812. The lowest BCUT2D eigenvalue weighted by Crippen LogP contribution is -2.67. The Morgan fingerprint density at radius 2 is 1.62 bits per heavy atom. The van der Waals surface area contributed by atoms with Crippen molar-refractivity contribution in [1.29, 1.82) is 0 Å². The zero-order valence-corrected chi connectivity index (χ0v) is 15.4. The molecule has 2 fully saturated rings. The molecular formula is C16H27NO12. The Kier molecular flexibility index (Phi) is 8.72. The molecule has 0 aromatic heterocycles. The van der Waals surface area contributed by atoms with Gasteiger partial charge in [-0.05, 0) is 0 Å². The van der Waals surface area contributed by atoms with Crippen molar-refractivity contribution < 1.29 is 59.5 Å². The van der Waals surface area contributed by atoms with Gasteiger partial charge in [0, 0.05) is 0 Å². The van der Waals surface area contributed by atoms with Gasteiger partial charge < -0.3 is 60.0 Å². The molecule has 168 valence electrons. The van der Waals surface area contributed by atoms with E-state index in [1.165, 1.54) is 6.08 Å². The lowest BCUT2D eigenvalue weighted by Gasteiger charge is -2.46. The van der Waals surface area contributed by atoms with E-state index in [1.807, 2.05) is 0 Å². The summed E-state index contributed by atoms with van der Waals surface area (Å²) in [5, 5.41) is 71.2. The molecule has 0 radical (unpaired) electrons. The van der Waals surface area contributed by atoms with Crippen molar-refractivity contribution in [1.82, 2.24) is 5.32 Å². The van der Waals surface area contributed by atoms with Gasteiger partial charge in [-0.25, -0.2) is 4.79 Å². The van der Waals surface area contributed by atoms with Gasteiger partial charge in [-0.3, -0.25) is 0 Å². The molecule has 13 nitrogen and oxygen atoms in total. The molecule has 0 aliphatic carbocycles. The highest BCUT2D eigenvalue weighted by atomic mass is 16.7. The number of rotatable bonds is 7. The first-order valence-corrected chi connectivity index (χ1v) is 8.87. The number of aliphatic hydroxyl groups excluding tert-OH is 7. The number of carbonyl (C=O) groups excluding carboxylic acids is 1. The van der Waals surface area contributed by atoms with Crippen molar-refractivity contribution >= 4 is 6.09 Å². The Morgan fingerprint density at radius 3 is 2.21 bits per heavy atom. The van der Waals surface area contributed by atoms with Gasteiger partial charge in [0.1, 0.15) is 55.4 Å². The van der Waals surface area contributed by atoms with Crippen LogP contribution in [0.4, 0.5) is 4.79 Å². The van der Waals surface area contributed by atoms with Crippen molar-refractivity contribution in [2.75, 3.05) is 19.8 Å². The Morgan fingerprint density at radius 1 is 0.966 bits per heavy atom. The van der Waals surface area contributed by atoms with Crippen LogP contribution in [0.5, 0.6) is 0 Å². The zero-order chi connectivity index (χ0) is 21.7. The molecule has 2 aliphatic rings. The standard InChI is InChI=1S/C16H27NO12/c1-2-3-26-16(25)17-8-10(21)13(7(5-19)27-14(8)24)29-15-12(23)11(22)9(20)6(4-18)28-15/h2,6-15,18-24H,1,3-5H2,(H,17,25)/t6?,7?,8-,9+,10?,11?,12-,13-,14-,15+/m1/s1. The van der Waals surface area contributed by atoms with E-state index >= 15 is 0 Å². The number of nitrogens with one attached hydrogen (secondary N) is 1. The first kappa shape index (κ1) is 23.9. The highest BCUT2D eigenvalue weighted by Crippen LogP contribution is 2.28. The predicted octanol–water partition coefficient (Wildman–Crippen LogP) is -4.48. The molecular weight excluding hydrogens is 398 g/mol. The van der Waals surface area contributed by atoms with Crippen molar-refractivity contribution in [3.05, 3.63) is 12.7 Å². The Balaban J connectivity index is 2.13. The van der Waals surface area contributed by atoms with Crippen molar-refractivity contribution in [2.45, 2.75) is 61.3 Å². The summed E-state index contributed by atoms with van der Waals surface area (Å²) in [6.45, 7) is 1.82. The number of amides is 1. The van der Waals surface area contributed by atoms with Gasteiger partial charge in [-0.15, -0.1) is 0 Å². The monoisotopic (exact) mass is 425 g/mol. The van der Waals surface area contributed by atoms with Crippen LogP contribution in [0, 0.1) is 0 Å². The normalized spacial score (nSPS) is 42.9. The Hall–Kier alpha value is -1.39. The molecule has 2 saturated heterocycles. The molecule has 4 unspecified atom stereocenters. The average Bonchev–Trinajstić information content (AvgIpc) is 2.71. The maximum Gasteiger partial charge on any atom is 0.407 e. The Bertz CT molecular complexity index is 548. The van der Waals surface area contributed by atoms with E-state index in [2.05, 4.69) is 11.9 Å². The second-order valence-corrected chi connectivity index (χ2v) is 6.59. The quantitative estimate of drug-likeness (QED) is 0.182. The number of alkyl carbamates (subject to hydrolysis) is 1. The molecule has 8 N–H and O–H groups in total. The topological polar surface area (TPSA) is 208 Å². The average molecular weight is 425 g/mol. The number of hydrogen-bond acceptors (Lipinski definition) is 12. The molecule has 0 aromatic rings. The van der Waals surface area contributed by atoms with Gasteiger partial charge in [0.2, 0.25) is 0 Å². The number of ether oxygens (including phenoxy) is 4. The second kappa shape index (κ2) is 10.6. The minimum Gasteiger partial charge on any atom is -0.445 e. The maximum atomic E-state index is 11.7. The highest BCUT2D eigenvalue weighted by Gasteiger charge is 2.50. The lowest BCUT2D eigenvalue weighted by molar-refractivity contribution is -0.345. The van der Waals surface area contributed by atoms with Gasteiger partial charge in [0.15, 0.2) is 12.6 Å². The summed E-state index contributed by atoms with van der Waals surface area (Å²) in [6, 6.07) is -1.44. The zero-order valence-electron chi connectivity index (χ0n) is 15.4. The minimum absolute atomic E-state index is 0.129. The van der Waals surface area contributed by atoms with Crippen molar-refractivity contribution in [3.8, 4) is 0 Å². The molecule has 0 bridgehead atoms. The maximum absolute atomic E-state index is 11.7. The minimum atomic E-state index is -1.77. The van der Waals surface area contributed by atoms with Crippen LogP contribution in [0.2, 0.25) is 0 Å². The van der Waals surface area contributed by atoms with Gasteiger partial charge in [0.25, 0.3) is 0 Å². The Labute approximate surface area is 165 Å². The number of carbonyl (C=O) groups is 1. The predicted molar refractivity (Wildman–Crippen MR) is 91.1 cm³/mol. The van der Waals surface area contributed by atoms with Gasteiger partial charge in [-0.1, -0.05) is 12.7 Å². The van der Waals surface area contributed by atoms with E-state index in [0.717, 1.165) is 0 Å². The molecule has 2 rings (SSSR count). The molecule has 2 aliphatic heterocycles. The van der Waals surface area contributed by atoms with E-state index in [1.54, 1.807) is 0 Å².